The number of rotatable bonds is 12. The van der Waals surface area contributed by atoms with Crippen molar-refractivity contribution in [3.63, 3.8) is 0 Å². The van der Waals surface area contributed by atoms with Gasteiger partial charge >= 0.3 is 11.9 Å². The lowest BCUT2D eigenvalue weighted by molar-refractivity contribution is -0.166. The molecule has 3 aliphatic rings. The van der Waals surface area contributed by atoms with E-state index in [1.807, 2.05) is 27.7 Å². The number of esters is 2. The predicted octanol–water partition coefficient (Wildman–Crippen LogP) is 3.37. The number of ether oxygens (including phenoxy) is 3. The molecule has 2 aromatic carbocycles. The molecule has 5 amide bonds. The highest BCUT2D eigenvalue weighted by Gasteiger charge is 2.51. The maximum atomic E-state index is 15.1. The van der Waals surface area contributed by atoms with Crippen molar-refractivity contribution in [3.05, 3.63) is 59.7 Å². The molecule has 0 aliphatic carbocycles. The number of likely N-dealkylation sites (tertiary alicyclic amines) is 1. The highest BCUT2D eigenvalue weighted by atomic mass is 32.2. The second kappa shape index (κ2) is 24.4. The van der Waals surface area contributed by atoms with E-state index in [1.165, 1.54) is 55.0 Å². The summed E-state index contributed by atoms with van der Waals surface area (Å²) in [5.74, 6) is -6.03. The van der Waals surface area contributed by atoms with Crippen LogP contribution in [0.3, 0.4) is 0 Å². The Hall–Kier alpha value is -5.60. The number of aliphatic hydroxyl groups is 1. The molecule has 1 unspecified atom stereocenters. The van der Waals surface area contributed by atoms with E-state index in [0.717, 1.165) is 9.87 Å². The Balaban J connectivity index is 1.63. The Morgan fingerprint density at radius 1 is 0.875 bits per heavy atom. The summed E-state index contributed by atoms with van der Waals surface area (Å²) in [6.45, 7) is 15.7. The molecule has 0 aromatic heterocycles. The molecule has 0 radical (unpaired) electrons. The van der Waals surface area contributed by atoms with Crippen LogP contribution in [0.1, 0.15) is 105 Å². The lowest BCUT2D eigenvalue weighted by Crippen LogP contribution is -2.61. The van der Waals surface area contributed by atoms with Gasteiger partial charge in [0.1, 0.15) is 42.1 Å². The molecule has 2 aromatic rings. The average Bonchev–Trinajstić information content (AvgIpc) is 3.93. The Labute approximate surface area is 424 Å². The first-order valence-electron chi connectivity index (χ1n) is 25.1. The molecule has 19 nitrogen and oxygen atoms in total. The number of cyclic esters (lactones) is 2. The van der Waals surface area contributed by atoms with Crippen molar-refractivity contribution in [2.24, 2.45) is 17.8 Å². The first kappa shape index (κ1) is 57.3. The lowest BCUT2D eigenvalue weighted by atomic mass is 9.92. The normalized spacial score (nSPS) is 28.4. The minimum atomic E-state index is -4.24. The van der Waals surface area contributed by atoms with Crippen LogP contribution in [0.5, 0.6) is 5.75 Å². The van der Waals surface area contributed by atoms with Gasteiger partial charge in [-0.15, -0.1) is 0 Å². The van der Waals surface area contributed by atoms with Crippen molar-refractivity contribution in [2.75, 3.05) is 27.7 Å². The number of amides is 5. The Morgan fingerprint density at radius 2 is 1.51 bits per heavy atom. The van der Waals surface area contributed by atoms with Crippen molar-refractivity contribution < 1.29 is 61.3 Å². The Morgan fingerprint density at radius 3 is 2.10 bits per heavy atom. The summed E-state index contributed by atoms with van der Waals surface area (Å²) in [7, 11) is -0.0156. The van der Waals surface area contributed by atoms with Gasteiger partial charge in [-0.1, -0.05) is 77.8 Å². The minimum Gasteiger partial charge on any atom is -0.497 e. The summed E-state index contributed by atoms with van der Waals surface area (Å²) in [6, 6.07) is 4.57. The summed E-state index contributed by atoms with van der Waals surface area (Å²) in [6.07, 6.45) is -4.00. The topological polar surface area (TPSA) is 239 Å². The number of nitrogens with zero attached hydrogens (tertiary/aromatic N) is 4. The van der Waals surface area contributed by atoms with Gasteiger partial charge in [0.05, 0.1) is 30.6 Å². The fourth-order valence-electron chi connectivity index (χ4n) is 9.86. The second-order valence-corrected chi connectivity index (χ2v) is 22.5. The molecule has 20 heteroatoms. The van der Waals surface area contributed by atoms with Crippen LogP contribution >= 0.6 is 0 Å². The number of fused-ring (bicyclic) bond motifs is 1. The van der Waals surface area contributed by atoms with E-state index >= 15 is 4.79 Å². The molecular weight excluding hydrogens is 949 g/mol. The molecule has 11 atom stereocenters. The quantitative estimate of drug-likeness (QED) is 0.259. The zero-order valence-corrected chi connectivity index (χ0v) is 44.6. The molecule has 3 saturated heterocycles. The highest BCUT2D eigenvalue weighted by molar-refractivity contribution is 7.89. The maximum absolute atomic E-state index is 15.1. The van der Waals surface area contributed by atoms with Crippen LogP contribution in [-0.2, 0) is 59.5 Å². The zero-order valence-electron chi connectivity index (χ0n) is 43.8. The van der Waals surface area contributed by atoms with Gasteiger partial charge in [0.25, 0.3) is 5.91 Å². The fourth-order valence-corrected chi connectivity index (χ4v) is 11.2. The van der Waals surface area contributed by atoms with Gasteiger partial charge in [-0.3, -0.25) is 28.8 Å². The number of sulfonamides is 1. The largest absolute Gasteiger partial charge is 0.497 e. The Kier molecular flexibility index (Phi) is 19.4. The third-order valence-electron chi connectivity index (χ3n) is 14.3. The van der Waals surface area contributed by atoms with Crippen molar-refractivity contribution in [3.8, 4) is 5.75 Å². The number of hydrogen-bond acceptors (Lipinski definition) is 13. The van der Waals surface area contributed by atoms with Crippen molar-refractivity contribution in [1.29, 1.82) is 0 Å². The first-order valence-corrected chi connectivity index (χ1v) is 26.5. The van der Waals surface area contributed by atoms with Gasteiger partial charge in [0.2, 0.25) is 33.7 Å². The third-order valence-corrected chi connectivity index (χ3v) is 16.2. The molecule has 3 aliphatic heterocycles. The van der Waals surface area contributed by atoms with Gasteiger partial charge in [-0.2, -0.15) is 4.31 Å². The first-order chi connectivity index (χ1) is 33.8. The molecule has 5 rings (SSSR count). The van der Waals surface area contributed by atoms with Crippen molar-refractivity contribution >= 4 is 51.5 Å². The SMILES string of the molecule is CC[C@H](C)[C@H]1NC(=O)[C@@H](N2C(=O)[C@H](N(C)S(=O)(=O)c3ccc(C)cc3)CC2C)[C@@H](C)OC(=O)[C@H](Cc2ccc(OC)cc2)N(C)C(=O)[C@@H]2CCCN2C(=O)[C@H](CC(C)C)NC(=O)[C@H](C(C)C)OC(=O)C[C@@H]1O. The molecule has 3 fully saturated rings. The monoisotopic (exact) mass is 1020 g/mol. The summed E-state index contributed by atoms with van der Waals surface area (Å²) in [5, 5.41) is 17.5. The highest BCUT2D eigenvalue weighted by Crippen LogP contribution is 2.32. The number of aliphatic hydroxyl groups excluding tert-OH is 1. The number of carbonyl (C=O) groups is 7. The fraction of sp³-hybridized carbons (Fsp3) is 0.635. The maximum Gasteiger partial charge on any atom is 0.329 e. The van der Waals surface area contributed by atoms with Gasteiger partial charge in [-0.25, -0.2) is 13.2 Å². The molecule has 3 N–H and O–H groups in total. The van der Waals surface area contributed by atoms with E-state index in [9.17, 15) is 42.3 Å². The van der Waals surface area contributed by atoms with E-state index in [0.29, 0.717) is 24.2 Å². The molecular formula is C52H76N6O13S. The van der Waals surface area contributed by atoms with Crippen LogP contribution in [0.2, 0.25) is 0 Å². The summed E-state index contributed by atoms with van der Waals surface area (Å²) >= 11 is 0. The number of likely N-dealkylation sites (N-methyl/N-ethyl adjacent to an activating group) is 2. The van der Waals surface area contributed by atoms with E-state index in [2.05, 4.69) is 10.6 Å². The minimum absolute atomic E-state index is 0.0426. The molecule has 0 saturated carbocycles. The van der Waals surface area contributed by atoms with Gasteiger partial charge in [0, 0.05) is 33.1 Å². The van der Waals surface area contributed by atoms with E-state index in [-0.39, 0.29) is 43.0 Å². The summed E-state index contributed by atoms with van der Waals surface area (Å²) in [5.41, 5.74) is 1.43. The number of benzene rings is 2. The van der Waals surface area contributed by atoms with E-state index in [1.54, 1.807) is 64.1 Å². The second-order valence-electron chi connectivity index (χ2n) is 20.5. The predicted molar refractivity (Wildman–Crippen MR) is 266 cm³/mol. The van der Waals surface area contributed by atoms with Crippen LogP contribution in [0.15, 0.2) is 53.4 Å². The number of carbonyl (C=O) groups excluding carboxylic acids is 7. The van der Waals surface area contributed by atoms with Crippen LogP contribution < -0.4 is 15.4 Å². The molecule has 3 heterocycles. The summed E-state index contributed by atoms with van der Waals surface area (Å²) in [4.78, 5) is 106. The average molecular weight is 1030 g/mol. The Bertz CT molecular complexity index is 2380. The van der Waals surface area contributed by atoms with Crippen molar-refractivity contribution in [2.45, 2.75) is 173 Å². The van der Waals surface area contributed by atoms with Crippen LogP contribution in [0.25, 0.3) is 0 Å². The van der Waals surface area contributed by atoms with Crippen molar-refractivity contribution in [1.82, 2.24) is 29.6 Å². The van der Waals surface area contributed by atoms with Gasteiger partial charge < -0.3 is 44.7 Å². The standard InChI is InChI=1S/C52H76N6O13S/c1-13-32(7)44-42(59)28-43(60)71-46(30(4)5)48(62)53-38(25-29(2)3)49(63)57-24-14-15-39(57)50(64)55(10)41(27-35-18-20-36(69-12)21-19-35)52(66)70-34(9)45(47(61)54-44)58-33(8)26-40(51(58)65)56(11)72(67,68)37-22-16-31(6)17-23-37/h16-23,29-30,32-34,38-42,44-46,59H,13-15,24-28H2,1-12H3,(H,53,62)(H,54,61)/t32-,33?,34+,38-,39-,40+,41-,42-,44+,45-,46-/m0/s1. The number of hydrogen-bond donors (Lipinski definition) is 3. The molecule has 0 spiro atoms. The molecule has 398 valence electrons. The smallest absolute Gasteiger partial charge is 0.329 e. The molecule has 72 heavy (non-hydrogen) atoms. The molecule has 0 bridgehead atoms. The lowest BCUT2D eigenvalue weighted by Gasteiger charge is -2.38. The summed E-state index contributed by atoms with van der Waals surface area (Å²) < 4.78 is 46.3. The van der Waals surface area contributed by atoms with E-state index in [4.69, 9.17) is 14.2 Å². The zero-order chi connectivity index (χ0) is 53.5. The van der Waals surface area contributed by atoms with E-state index < -0.39 is 130 Å². The third kappa shape index (κ3) is 13.1. The number of aryl methyl sites for hydroxylation is 1. The number of nitrogens with one attached hydrogen (secondary N) is 2. The number of methoxy groups -OCH3 is 1. The van der Waals surface area contributed by atoms with Gasteiger partial charge in [0.15, 0.2) is 6.10 Å². The van der Waals surface area contributed by atoms with Crippen LogP contribution in [-0.4, -0.2) is 162 Å². The van der Waals surface area contributed by atoms with Crippen LogP contribution in [0.4, 0.5) is 0 Å². The van der Waals surface area contributed by atoms with Gasteiger partial charge in [-0.05, 0) is 94.0 Å². The van der Waals surface area contributed by atoms with Crippen LogP contribution in [0, 0.1) is 24.7 Å².